The van der Waals surface area contributed by atoms with Gasteiger partial charge in [-0.2, -0.15) is 12.6 Å². The molecule has 1 aromatic rings. The highest BCUT2D eigenvalue weighted by atomic mass is 32.1. The largest absolute Gasteiger partial charge is 0.371 e. The molecule has 1 nitrogen and oxygen atoms in total. The van der Waals surface area contributed by atoms with Crippen LogP contribution >= 0.6 is 12.6 Å². The summed E-state index contributed by atoms with van der Waals surface area (Å²) in [5.41, 5.74) is 2.95. The molecule has 2 heteroatoms. The highest BCUT2D eigenvalue weighted by Gasteiger charge is 2.20. The molecule has 0 heterocycles. The smallest absolute Gasteiger partial charge is 0.0395 e. The summed E-state index contributed by atoms with van der Waals surface area (Å²) in [4.78, 5) is 2.44. The molecule has 0 aliphatic carbocycles. The topological polar surface area (TPSA) is 3.24 Å². The molecular weight excluding hydrogens is 214 g/mol. The van der Waals surface area contributed by atoms with Gasteiger partial charge in [-0.05, 0) is 36.6 Å². The van der Waals surface area contributed by atoms with Crippen molar-refractivity contribution in [1.29, 1.82) is 0 Å². The van der Waals surface area contributed by atoms with Gasteiger partial charge < -0.3 is 4.90 Å². The van der Waals surface area contributed by atoms with Crippen LogP contribution < -0.4 is 4.90 Å². The monoisotopic (exact) mass is 237 g/mol. The van der Waals surface area contributed by atoms with E-state index in [1.807, 2.05) is 0 Å². The maximum atomic E-state index is 4.43. The molecule has 0 aliphatic heterocycles. The third-order valence-electron chi connectivity index (χ3n) is 2.88. The first-order chi connectivity index (χ1) is 7.50. The third kappa shape index (κ3) is 3.44. The Hall–Kier alpha value is -0.630. The predicted octanol–water partition coefficient (Wildman–Crippen LogP) is 3.78. The van der Waals surface area contributed by atoms with E-state index in [1.54, 1.807) is 0 Å². The van der Waals surface area contributed by atoms with Crippen LogP contribution in [0.2, 0.25) is 0 Å². The molecule has 0 atom stereocenters. The fourth-order valence-corrected chi connectivity index (χ4v) is 1.95. The predicted molar refractivity (Wildman–Crippen MR) is 76.7 cm³/mol. The lowest BCUT2D eigenvalue weighted by molar-refractivity contribution is 0.423. The van der Waals surface area contributed by atoms with Crippen LogP contribution in [0.5, 0.6) is 0 Å². The summed E-state index contributed by atoms with van der Waals surface area (Å²) in [7, 11) is 0. The van der Waals surface area contributed by atoms with Crippen molar-refractivity contribution >= 4 is 18.3 Å². The zero-order chi connectivity index (χ0) is 12.2. The zero-order valence-corrected chi connectivity index (χ0v) is 11.7. The molecule has 0 amide bonds. The molecule has 0 N–H and O–H groups in total. The minimum Gasteiger partial charge on any atom is -0.371 e. The fraction of sp³-hybridized carbons (Fsp3) is 0.571. The normalized spacial score (nSPS) is 11.6. The second-order valence-electron chi connectivity index (χ2n) is 5.12. The average molecular weight is 237 g/mol. The molecule has 0 radical (unpaired) electrons. The number of thiol groups is 1. The quantitative estimate of drug-likeness (QED) is 0.763. The number of nitrogens with zero attached hydrogens (tertiary/aromatic N) is 1. The van der Waals surface area contributed by atoms with Gasteiger partial charge in [0.15, 0.2) is 0 Å². The number of para-hydroxylation sites is 1. The zero-order valence-electron chi connectivity index (χ0n) is 10.8. The molecule has 0 bridgehead atoms. The van der Waals surface area contributed by atoms with Crippen LogP contribution in [-0.2, 0) is 0 Å². The summed E-state index contributed by atoms with van der Waals surface area (Å²) in [6.07, 6.45) is 0. The molecule has 0 saturated heterocycles. The van der Waals surface area contributed by atoms with Crippen LogP contribution in [0.3, 0.4) is 0 Å². The van der Waals surface area contributed by atoms with Crippen molar-refractivity contribution in [3.63, 3.8) is 0 Å². The second-order valence-corrected chi connectivity index (χ2v) is 5.44. The van der Waals surface area contributed by atoms with Crippen molar-refractivity contribution in [2.45, 2.75) is 27.7 Å². The molecule has 16 heavy (non-hydrogen) atoms. The standard InChI is InChI=1S/C14H23NS/c1-5-15(10-14(3,4)11-16)13-9-7-6-8-12(13)2/h6-9,16H,5,10-11H2,1-4H3. The Morgan fingerprint density at radius 3 is 2.38 bits per heavy atom. The molecule has 0 spiro atoms. The van der Waals surface area contributed by atoms with Crippen LogP contribution in [-0.4, -0.2) is 18.8 Å². The van der Waals surface area contributed by atoms with Crippen LogP contribution in [0.1, 0.15) is 26.3 Å². The highest BCUT2D eigenvalue weighted by Crippen LogP contribution is 2.25. The van der Waals surface area contributed by atoms with Gasteiger partial charge in [-0.1, -0.05) is 32.0 Å². The van der Waals surface area contributed by atoms with Gasteiger partial charge in [0.05, 0.1) is 0 Å². The lowest BCUT2D eigenvalue weighted by Crippen LogP contribution is -2.35. The summed E-state index contributed by atoms with van der Waals surface area (Å²) in [6, 6.07) is 8.58. The first-order valence-electron chi connectivity index (χ1n) is 5.91. The van der Waals surface area contributed by atoms with E-state index in [4.69, 9.17) is 0 Å². The Kier molecular flexibility index (Phi) is 4.72. The number of rotatable bonds is 5. The van der Waals surface area contributed by atoms with Crippen LogP contribution in [0, 0.1) is 12.3 Å². The molecule has 0 unspecified atom stereocenters. The summed E-state index contributed by atoms with van der Waals surface area (Å²) < 4.78 is 0. The molecule has 1 rings (SSSR count). The maximum absolute atomic E-state index is 4.43. The van der Waals surface area contributed by atoms with E-state index < -0.39 is 0 Å². The van der Waals surface area contributed by atoms with Gasteiger partial charge in [0.1, 0.15) is 0 Å². The average Bonchev–Trinajstić information content (AvgIpc) is 2.27. The fourth-order valence-electron chi connectivity index (χ4n) is 1.85. The minimum atomic E-state index is 0.251. The van der Waals surface area contributed by atoms with E-state index >= 15 is 0 Å². The summed E-state index contributed by atoms with van der Waals surface area (Å²) >= 11 is 4.43. The van der Waals surface area contributed by atoms with Crippen molar-refractivity contribution in [2.24, 2.45) is 5.41 Å². The van der Waals surface area contributed by atoms with Crippen molar-refractivity contribution in [3.05, 3.63) is 29.8 Å². The Labute approximate surface area is 105 Å². The molecule has 90 valence electrons. The van der Waals surface area contributed by atoms with E-state index in [0.29, 0.717) is 0 Å². The molecule has 0 aromatic heterocycles. The van der Waals surface area contributed by atoms with Crippen molar-refractivity contribution in [2.75, 3.05) is 23.7 Å². The Balaban J connectivity index is 2.87. The first kappa shape index (κ1) is 13.4. The Morgan fingerprint density at radius 1 is 1.25 bits per heavy atom. The van der Waals surface area contributed by atoms with Gasteiger partial charge in [-0.3, -0.25) is 0 Å². The van der Waals surface area contributed by atoms with Gasteiger partial charge in [0.25, 0.3) is 0 Å². The van der Waals surface area contributed by atoms with Gasteiger partial charge in [-0.15, -0.1) is 0 Å². The van der Waals surface area contributed by atoms with Gasteiger partial charge >= 0.3 is 0 Å². The van der Waals surface area contributed by atoms with Crippen molar-refractivity contribution < 1.29 is 0 Å². The van der Waals surface area contributed by atoms with E-state index in [9.17, 15) is 0 Å². The molecular formula is C14H23NS. The number of hydrogen-bond donors (Lipinski definition) is 1. The van der Waals surface area contributed by atoms with Crippen molar-refractivity contribution in [1.82, 2.24) is 0 Å². The van der Waals surface area contributed by atoms with Gasteiger partial charge in [0, 0.05) is 18.8 Å². The lowest BCUT2D eigenvalue weighted by Gasteiger charge is -2.33. The summed E-state index contributed by atoms with van der Waals surface area (Å²) in [5, 5.41) is 0. The number of hydrogen-bond acceptors (Lipinski definition) is 2. The molecule has 0 saturated carbocycles. The van der Waals surface area contributed by atoms with Crippen molar-refractivity contribution in [3.8, 4) is 0 Å². The van der Waals surface area contributed by atoms with Gasteiger partial charge in [0.2, 0.25) is 0 Å². The summed E-state index contributed by atoms with van der Waals surface area (Å²) in [5.74, 6) is 0.912. The minimum absolute atomic E-state index is 0.251. The third-order valence-corrected chi connectivity index (χ3v) is 3.74. The summed E-state index contributed by atoms with van der Waals surface area (Å²) in [6.45, 7) is 11.0. The number of benzene rings is 1. The van der Waals surface area contributed by atoms with Crippen LogP contribution in [0.25, 0.3) is 0 Å². The van der Waals surface area contributed by atoms with Crippen LogP contribution in [0.15, 0.2) is 24.3 Å². The first-order valence-corrected chi connectivity index (χ1v) is 6.55. The molecule has 0 fully saturated rings. The van der Waals surface area contributed by atoms with E-state index in [0.717, 1.165) is 18.8 Å². The second kappa shape index (κ2) is 5.62. The van der Waals surface area contributed by atoms with E-state index in [1.165, 1.54) is 11.3 Å². The highest BCUT2D eigenvalue weighted by molar-refractivity contribution is 7.80. The van der Waals surface area contributed by atoms with E-state index in [-0.39, 0.29) is 5.41 Å². The van der Waals surface area contributed by atoms with Crippen LogP contribution in [0.4, 0.5) is 5.69 Å². The Bertz CT molecular complexity index is 333. The Morgan fingerprint density at radius 2 is 1.88 bits per heavy atom. The van der Waals surface area contributed by atoms with Gasteiger partial charge in [-0.25, -0.2) is 0 Å². The van der Waals surface area contributed by atoms with E-state index in [2.05, 4.69) is 69.5 Å². The SMILES string of the molecule is CCN(CC(C)(C)CS)c1ccccc1C. The maximum Gasteiger partial charge on any atom is 0.0395 e. The molecule has 0 aliphatic rings. The lowest BCUT2D eigenvalue weighted by atomic mass is 9.95. The molecule has 1 aromatic carbocycles. The number of aryl methyl sites for hydroxylation is 1. The number of anilines is 1.